The second-order valence-corrected chi connectivity index (χ2v) is 4.80. The van der Waals surface area contributed by atoms with E-state index in [1.54, 1.807) is 11.8 Å². The Morgan fingerprint density at radius 3 is 2.53 bits per heavy atom. The van der Waals surface area contributed by atoms with Crippen molar-refractivity contribution in [1.82, 2.24) is 4.57 Å². The van der Waals surface area contributed by atoms with Crippen molar-refractivity contribution in [3.63, 3.8) is 0 Å². The maximum Gasteiger partial charge on any atom is 0.151 e. The normalized spacial score (nSPS) is 10.5. The molecule has 0 fully saturated rings. The van der Waals surface area contributed by atoms with Crippen LogP contribution in [0.15, 0.2) is 35.2 Å². The molecule has 0 aliphatic rings. The lowest BCUT2D eigenvalue weighted by Gasteiger charge is -2.13. The van der Waals surface area contributed by atoms with Gasteiger partial charge < -0.3 is 4.57 Å². The minimum absolute atomic E-state index is 0.762. The topological polar surface area (TPSA) is 22.0 Å². The predicted molar refractivity (Wildman–Crippen MR) is 72.4 cm³/mol. The highest BCUT2D eigenvalue weighted by molar-refractivity contribution is 7.98. The van der Waals surface area contributed by atoms with Gasteiger partial charge in [-0.1, -0.05) is 12.1 Å². The lowest BCUT2D eigenvalue weighted by Crippen LogP contribution is -2.01. The van der Waals surface area contributed by atoms with Crippen molar-refractivity contribution >= 4 is 18.0 Å². The number of aryl methyl sites for hydroxylation is 1. The van der Waals surface area contributed by atoms with E-state index < -0.39 is 0 Å². The molecule has 0 unspecified atom stereocenters. The monoisotopic (exact) mass is 245 g/mol. The first-order valence-electron chi connectivity index (χ1n) is 5.46. The van der Waals surface area contributed by atoms with E-state index in [-0.39, 0.29) is 0 Å². The van der Waals surface area contributed by atoms with Gasteiger partial charge in [0.25, 0.3) is 0 Å². The molecule has 0 saturated carbocycles. The minimum atomic E-state index is 0.762. The van der Waals surface area contributed by atoms with Gasteiger partial charge in [-0.2, -0.15) is 0 Å². The third-order valence-corrected chi connectivity index (χ3v) is 3.71. The molecule has 3 heteroatoms. The molecule has 0 aliphatic carbocycles. The van der Waals surface area contributed by atoms with Gasteiger partial charge in [0, 0.05) is 21.8 Å². The first-order chi connectivity index (χ1) is 8.19. The van der Waals surface area contributed by atoms with Gasteiger partial charge in [-0.15, -0.1) is 11.8 Å². The Morgan fingerprint density at radius 2 is 1.94 bits per heavy atom. The van der Waals surface area contributed by atoms with E-state index >= 15 is 0 Å². The Hall–Kier alpha value is -1.48. The molecule has 1 heterocycles. The number of para-hydroxylation sites is 1. The molecule has 0 saturated heterocycles. The van der Waals surface area contributed by atoms with Gasteiger partial charge in [0.1, 0.15) is 0 Å². The molecule has 0 amide bonds. The largest absolute Gasteiger partial charge is 0.317 e. The van der Waals surface area contributed by atoms with Crippen molar-refractivity contribution in [2.24, 2.45) is 0 Å². The molecule has 0 spiro atoms. The van der Waals surface area contributed by atoms with Crippen LogP contribution < -0.4 is 0 Å². The van der Waals surface area contributed by atoms with E-state index in [9.17, 15) is 4.79 Å². The Morgan fingerprint density at radius 1 is 1.24 bits per heavy atom. The van der Waals surface area contributed by atoms with Crippen LogP contribution in [0.4, 0.5) is 0 Å². The second kappa shape index (κ2) is 4.80. The van der Waals surface area contributed by atoms with Crippen LogP contribution in [0.25, 0.3) is 5.69 Å². The zero-order chi connectivity index (χ0) is 12.4. The summed E-state index contributed by atoms with van der Waals surface area (Å²) in [6.45, 7) is 4.00. The first kappa shape index (κ1) is 12.0. The van der Waals surface area contributed by atoms with Crippen LogP contribution in [-0.4, -0.2) is 17.1 Å². The summed E-state index contributed by atoms with van der Waals surface area (Å²) in [5.41, 5.74) is 3.99. The smallest absolute Gasteiger partial charge is 0.151 e. The summed E-state index contributed by atoms with van der Waals surface area (Å²) in [5.74, 6) is 0. The number of hydrogen-bond acceptors (Lipinski definition) is 2. The Labute approximate surface area is 106 Å². The third-order valence-electron chi connectivity index (χ3n) is 2.92. The number of aromatic nitrogens is 1. The number of thioether (sulfide) groups is 1. The molecule has 0 radical (unpaired) electrons. The summed E-state index contributed by atoms with van der Waals surface area (Å²) in [5, 5.41) is 0. The molecule has 1 aromatic heterocycles. The van der Waals surface area contributed by atoms with Gasteiger partial charge in [0.05, 0.1) is 5.69 Å². The van der Waals surface area contributed by atoms with Crippen LogP contribution in [0, 0.1) is 13.8 Å². The lowest BCUT2D eigenvalue weighted by molar-refractivity contribution is 0.112. The third kappa shape index (κ3) is 2.03. The molecular weight excluding hydrogens is 230 g/mol. The molecule has 2 nitrogen and oxygen atoms in total. The van der Waals surface area contributed by atoms with Gasteiger partial charge in [-0.3, -0.25) is 4.79 Å². The molecule has 1 aromatic carbocycles. The average molecular weight is 245 g/mol. The zero-order valence-corrected chi connectivity index (χ0v) is 11.0. The van der Waals surface area contributed by atoms with Crippen molar-refractivity contribution in [2.75, 3.05) is 6.26 Å². The summed E-state index contributed by atoms with van der Waals surface area (Å²) >= 11 is 1.72. The first-order valence-corrected chi connectivity index (χ1v) is 6.69. The number of aldehydes is 1. The fraction of sp³-hybridized carbons (Fsp3) is 0.214. The van der Waals surface area contributed by atoms with Crippen molar-refractivity contribution in [3.8, 4) is 5.69 Å². The number of carbonyl (C=O) groups excluding carboxylic acids is 1. The van der Waals surface area contributed by atoms with Gasteiger partial charge >= 0.3 is 0 Å². The van der Waals surface area contributed by atoms with Gasteiger partial charge in [0.15, 0.2) is 6.29 Å². The molecule has 2 aromatic rings. The lowest BCUT2D eigenvalue weighted by atomic mass is 10.2. The molecule has 88 valence electrons. The highest BCUT2D eigenvalue weighted by atomic mass is 32.2. The zero-order valence-electron chi connectivity index (χ0n) is 10.2. The molecular formula is C14H15NOS. The minimum Gasteiger partial charge on any atom is -0.317 e. The maximum atomic E-state index is 11.0. The predicted octanol–water partition coefficient (Wildman–Crippen LogP) is 3.63. The van der Waals surface area contributed by atoms with E-state index in [1.165, 1.54) is 4.90 Å². The van der Waals surface area contributed by atoms with E-state index in [0.29, 0.717) is 0 Å². The SMILES string of the molecule is CSc1ccccc1-n1c(C)cc(C=O)c1C. The second-order valence-electron chi connectivity index (χ2n) is 3.95. The Balaban J connectivity index is 2.68. The van der Waals surface area contributed by atoms with Gasteiger partial charge in [-0.25, -0.2) is 0 Å². The van der Waals surface area contributed by atoms with Crippen LogP contribution in [0.1, 0.15) is 21.7 Å². The van der Waals surface area contributed by atoms with E-state index in [0.717, 1.165) is 28.9 Å². The maximum absolute atomic E-state index is 11.0. The fourth-order valence-electron chi connectivity index (χ4n) is 2.09. The molecule has 0 aliphatic heterocycles. The molecule has 0 bridgehead atoms. The highest BCUT2D eigenvalue weighted by Crippen LogP contribution is 2.27. The number of benzene rings is 1. The van der Waals surface area contributed by atoms with Crippen molar-refractivity contribution in [2.45, 2.75) is 18.7 Å². The summed E-state index contributed by atoms with van der Waals surface area (Å²) in [6, 6.07) is 10.2. The standard InChI is InChI=1S/C14H15NOS/c1-10-8-12(9-16)11(2)15(10)13-6-4-5-7-14(13)17-3/h4-9H,1-3H3. The van der Waals surface area contributed by atoms with E-state index in [1.807, 2.05) is 32.0 Å². The molecule has 17 heavy (non-hydrogen) atoms. The molecule has 0 atom stereocenters. The summed E-state index contributed by atoms with van der Waals surface area (Å²) < 4.78 is 2.13. The number of hydrogen-bond donors (Lipinski definition) is 0. The molecule has 0 N–H and O–H groups in total. The van der Waals surface area contributed by atoms with E-state index in [4.69, 9.17) is 0 Å². The molecule has 2 rings (SSSR count). The van der Waals surface area contributed by atoms with Crippen molar-refractivity contribution < 1.29 is 4.79 Å². The summed E-state index contributed by atoms with van der Waals surface area (Å²) in [6.07, 6.45) is 2.98. The van der Waals surface area contributed by atoms with Crippen LogP contribution >= 0.6 is 11.8 Å². The fourth-order valence-corrected chi connectivity index (χ4v) is 2.68. The van der Waals surface area contributed by atoms with Crippen molar-refractivity contribution in [1.29, 1.82) is 0 Å². The van der Waals surface area contributed by atoms with Crippen LogP contribution in [0.3, 0.4) is 0 Å². The summed E-state index contributed by atoms with van der Waals surface area (Å²) in [4.78, 5) is 12.2. The Bertz CT molecular complexity index is 557. The summed E-state index contributed by atoms with van der Waals surface area (Å²) in [7, 11) is 0. The van der Waals surface area contributed by atoms with Gasteiger partial charge in [0.2, 0.25) is 0 Å². The Kier molecular flexibility index (Phi) is 3.38. The van der Waals surface area contributed by atoms with Crippen LogP contribution in [0.5, 0.6) is 0 Å². The number of nitrogens with zero attached hydrogens (tertiary/aromatic N) is 1. The van der Waals surface area contributed by atoms with Crippen LogP contribution in [0.2, 0.25) is 0 Å². The number of rotatable bonds is 3. The highest BCUT2D eigenvalue weighted by Gasteiger charge is 2.12. The van der Waals surface area contributed by atoms with Crippen molar-refractivity contribution in [3.05, 3.63) is 47.3 Å². The van der Waals surface area contributed by atoms with E-state index in [2.05, 4.69) is 23.0 Å². The average Bonchev–Trinajstić information content (AvgIpc) is 2.64. The van der Waals surface area contributed by atoms with Gasteiger partial charge in [-0.05, 0) is 38.3 Å². The van der Waals surface area contributed by atoms with Crippen LogP contribution in [-0.2, 0) is 0 Å². The number of carbonyl (C=O) groups is 1. The quantitative estimate of drug-likeness (QED) is 0.608.